The number of aliphatic hydroxyl groups excluding tert-OH is 1. The third kappa shape index (κ3) is 2.49. The van der Waals surface area contributed by atoms with Crippen LogP contribution in [0.2, 0.25) is 0 Å². The number of hydrogen-bond donors (Lipinski definition) is 2. The Hall–Kier alpha value is -0.610. The standard InChI is InChI=1S/C11H20N2O2/c14-8-2-4-11(15)12-9-5-7-13-6-1-3-10(9)13/h9-10,14H,1-8H2,(H,12,15). The molecule has 0 saturated carbocycles. The molecule has 2 heterocycles. The van der Waals surface area contributed by atoms with Crippen LogP contribution in [-0.4, -0.2) is 47.7 Å². The van der Waals surface area contributed by atoms with Crippen LogP contribution in [0.1, 0.15) is 32.1 Å². The fourth-order valence-electron chi connectivity index (χ4n) is 2.77. The predicted octanol–water partition coefficient (Wildman–Crippen LogP) is 0.112. The van der Waals surface area contributed by atoms with Crippen LogP contribution in [0.25, 0.3) is 0 Å². The second-order valence-corrected chi connectivity index (χ2v) is 4.54. The number of aliphatic hydroxyl groups is 1. The van der Waals surface area contributed by atoms with Gasteiger partial charge in [-0.05, 0) is 32.2 Å². The van der Waals surface area contributed by atoms with Gasteiger partial charge in [0.05, 0.1) is 0 Å². The lowest BCUT2D eigenvalue weighted by atomic mass is 10.1. The van der Waals surface area contributed by atoms with E-state index in [1.54, 1.807) is 0 Å². The summed E-state index contributed by atoms with van der Waals surface area (Å²) < 4.78 is 0. The number of hydrogen-bond acceptors (Lipinski definition) is 3. The van der Waals surface area contributed by atoms with Gasteiger partial charge in [0.1, 0.15) is 0 Å². The lowest BCUT2D eigenvalue weighted by molar-refractivity contribution is -0.122. The van der Waals surface area contributed by atoms with Crippen molar-refractivity contribution >= 4 is 5.91 Å². The zero-order valence-corrected chi connectivity index (χ0v) is 9.11. The molecule has 0 aromatic carbocycles. The summed E-state index contributed by atoms with van der Waals surface area (Å²) in [6.07, 6.45) is 4.63. The Morgan fingerprint density at radius 2 is 2.27 bits per heavy atom. The first-order valence-electron chi connectivity index (χ1n) is 5.95. The third-order valence-electron chi connectivity index (χ3n) is 3.51. The lowest BCUT2D eigenvalue weighted by Gasteiger charge is -2.21. The van der Waals surface area contributed by atoms with Crippen LogP contribution in [-0.2, 0) is 4.79 Å². The second-order valence-electron chi connectivity index (χ2n) is 4.54. The number of amides is 1. The largest absolute Gasteiger partial charge is 0.396 e. The van der Waals surface area contributed by atoms with E-state index in [9.17, 15) is 4.79 Å². The lowest BCUT2D eigenvalue weighted by Crippen LogP contribution is -2.42. The quantitative estimate of drug-likeness (QED) is 0.695. The van der Waals surface area contributed by atoms with Gasteiger partial charge in [-0.2, -0.15) is 0 Å². The van der Waals surface area contributed by atoms with Gasteiger partial charge in [0.2, 0.25) is 5.91 Å². The molecule has 0 aromatic rings. The minimum absolute atomic E-state index is 0.0998. The van der Waals surface area contributed by atoms with Crippen LogP contribution in [0, 0.1) is 0 Å². The van der Waals surface area contributed by atoms with Gasteiger partial charge in [0, 0.05) is 31.7 Å². The van der Waals surface area contributed by atoms with E-state index in [-0.39, 0.29) is 12.5 Å². The van der Waals surface area contributed by atoms with Gasteiger partial charge in [0.25, 0.3) is 0 Å². The minimum Gasteiger partial charge on any atom is -0.396 e. The van der Waals surface area contributed by atoms with Crippen LogP contribution >= 0.6 is 0 Å². The molecule has 0 bridgehead atoms. The maximum Gasteiger partial charge on any atom is 0.220 e. The molecule has 0 aromatic heterocycles. The average Bonchev–Trinajstić information content (AvgIpc) is 2.80. The third-order valence-corrected chi connectivity index (χ3v) is 3.51. The number of fused-ring (bicyclic) bond motifs is 1. The van der Waals surface area contributed by atoms with Gasteiger partial charge in [-0.1, -0.05) is 0 Å². The summed E-state index contributed by atoms with van der Waals surface area (Å²) >= 11 is 0. The summed E-state index contributed by atoms with van der Waals surface area (Å²) in [5.74, 6) is 0.0998. The average molecular weight is 212 g/mol. The molecule has 2 N–H and O–H groups in total. The molecule has 2 aliphatic rings. The second kappa shape index (κ2) is 4.94. The van der Waals surface area contributed by atoms with Crippen molar-refractivity contribution in [3.8, 4) is 0 Å². The van der Waals surface area contributed by atoms with Crippen molar-refractivity contribution in [2.75, 3.05) is 19.7 Å². The Balaban J connectivity index is 1.77. The molecular weight excluding hydrogens is 192 g/mol. The van der Waals surface area contributed by atoms with Gasteiger partial charge < -0.3 is 10.4 Å². The Morgan fingerprint density at radius 3 is 3.07 bits per heavy atom. The number of carbonyl (C=O) groups is 1. The van der Waals surface area contributed by atoms with Crippen LogP contribution in [0.4, 0.5) is 0 Å². The molecule has 2 saturated heterocycles. The number of nitrogens with zero attached hydrogens (tertiary/aromatic N) is 1. The van der Waals surface area contributed by atoms with Crippen molar-refractivity contribution < 1.29 is 9.90 Å². The van der Waals surface area contributed by atoms with Gasteiger partial charge in [-0.25, -0.2) is 0 Å². The number of rotatable bonds is 4. The van der Waals surface area contributed by atoms with Crippen LogP contribution in [0.3, 0.4) is 0 Å². The van der Waals surface area contributed by atoms with E-state index in [4.69, 9.17) is 5.11 Å². The predicted molar refractivity (Wildman–Crippen MR) is 57.5 cm³/mol. The summed E-state index contributed by atoms with van der Waals surface area (Å²) in [5.41, 5.74) is 0. The van der Waals surface area contributed by atoms with E-state index in [2.05, 4.69) is 10.2 Å². The first-order valence-corrected chi connectivity index (χ1v) is 5.95. The molecule has 86 valence electrons. The van der Waals surface area contributed by atoms with Gasteiger partial charge in [-0.3, -0.25) is 9.69 Å². The summed E-state index contributed by atoms with van der Waals surface area (Å²) in [6, 6.07) is 0.946. The molecule has 0 radical (unpaired) electrons. The summed E-state index contributed by atoms with van der Waals surface area (Å²) in [4.78, 5) is 14.0. The van der Waals surface area contributed by atoms with Crippen molar-refractivity contribution in [2.45, 2.75) is 44.2 Å². The van der Waals surface area contributed by atoms with E-state index in [0.717, 1.165) is 13.0 Å². The van der Waals surface area contributed by atoms with Gasteiger partial charge in [-0.15, -0.1) is 0 Å². The fraction of sp³-hybridized carbons (Fsp3) is 0.909. The highest BCUT2D eigenvalue weighted by atomic mass is 16.3. The summed E-state index contributed by atoms with van der Waals surface area (Å²) in [6.45, 7) is 2.44. The maximum absolute atomic E-state index is 11.5. The molecule has 0 spiro atoms. The number of nitrogens with one attached hydrogen (secondary N) is 1. The highest BCUT2D eigenvalue weighted by Crippen LogP contribution is 2.27. The molecule has 2 fully saturated rings. The first kappa shape index (κ1) is 10.9. The SMILES string of the molecule is O=C(CCCO)NC1CCN2CCCC12. The Labute approximate surface area is 90.6 Å². The Morgan fingerprint density at radius 1 is 1.40 bits per heavy atom. The smallest absolute Gasteiger partial charge is 0.220 e. The fourth-order valence-corrected chi connectivity index (χ4v) is 2.77. The van der Waals surface area contributed by atoms with Gasteiger partial charge >= 0.3 is 0 Å². The molecule has 4 heteroatoms. The van der Waals surface area contributed by atoms with E-state index in [1.165, 1.54) is 19.4 Å². The Kier molecular flexibility index (Phi) is 3.59. The van der Waals surface area contributed by atoms with Crippen molar-refractivity contribution in [1.82, 2.24) is 10.2 Å². The van der Waals surface area contributed by atoms with Crippen molar-refractivity contribution in [1.29, 1.82) is 0 Å². The van der Waals surface area contributed by atoms with Gasteiger partial charge in [0.15, 0.2) is 0 Å². The Bertz CT molecular complexity index is 233. The first-order chi connectivity index (χ1) is 7.31. The minimum atomic E-state index is 0.0998. The molecule has 2 rings (SSSR count). The molecule has 15 heavy (non-hydrogen) atoms. The monoisotopic (exact) mass is 212 g/mol. The highest BCUT2D eigenvalue weighted by Gasteiger charge is 2.37. The van der Waals surface area contributed by atoms with Crippen LogP contribution in [0.15, 0.2) is 0 Å². The molecule has 2 unspecified atom stereocenters. The van der Waals surface area contributed by atoms with Crippen molar-refractivity contribution in [3.05, 3.63) is 0 Å². The number of carbonyl (C=O) groups excluding carboxylic acids is 1. The van der Waals surface area contributed by atoms with Crippen molar-refractivity contribution in [2.24, 2.45) is 0 Å². The zero-order chi connectivity index (χ0) is 10.7. The van der Waals surface area contributed by atoms with Crippen LogP contribution < -0.4 is 5.32 Å². The van der Waals surface area contributed by atoms with E-state index < -0.39 is 0 Å². The molecule has 1 amide bonds. The topological polar surface area (TPSA) is 52.6 Å². The molecule has 2 aliphatic heterocycles. The summed E-state index contributed by atoms with van der Waals surface area (Å²) in [7, 11) is 0. The van der Waals surface area contributed by atoms with Crippen LogP contribution in [0.5, 0.6) is 0 Å². The highest BCUT2D eigenvalue weighted by molar-refractivity contribution is 5.76. The van der Waals surface area contributed by atoms with E-state index >= 15 is 0 Å². The molecule has 4 nitrogen and oxygen atoms in total. The summed E-state index contributed by atoms with van der Waals surface area (Å²) in [5, 5.41) is 11.7. The van der Waals surface area contributed by atoms with E-state index in [0.29, 0.717) is 24.9 Å². The maximum atomic E-state index is 11.5. The van der Waals surface area contributed by atoms with E-state index in [1.807, 2.05) is 0 Å². The normalized spacial score (nSPS) is 30.5. The molecular formula is C11H20N2O2. The molecule has 2 atom stereocenters. The van der Waals surface area contributed by atoms with Crippen molar-refractivity contribution in [3.63, 3.8) is 0 Å². The molecule has 0 aliphatic carbocycles. The zero-order valence-electron chi connectivity index (χ0n) is 9.11.